The number of carbonyl (C=O) groups excluding carboxylic acids is 3. The van der Waals surface area contributed by atoms with Crippen molar-refractivity contribution in [2.24, 2.45) is 11.8 Å². The van der Waals surface area contributed by atoms with E-state index in [1.807, 2.05) is 55.5 Å². The first-order valence-electron chi connectivity index (χ1n) is 13.7. The average molecular weight is 562 g/mol. The molecule has 2 saturated heterocycles. The molecule has 0 saturated carbocycles. The van der Waals surface area contributed by atoms with E-state index in [-0.39, 0.29) is 30.9 Å². The van der Waals surface area contributed by atoms with E-state index < -0.39 is 35.6 Å². The maximum Gasteiger partial charge on any atom is 0.253 e. The maximum atomic E-state index is 14.4. The van der Waals surface area contributed by atoms with Crippen LogP contribution in [-0.4, -0.2) is 76.1 Å². The van der Waals surface area contributed by atoms with Crippen molar-refractivity contribution in [2.75, 3.05) is 24.6 Å². The molecule has 6 rings (SSSR count). The van der Waals surface area contributed by atoms with Crippen LogP contribution >= 0.6 is 11.6 Å². The predicted octanol–water partition coefficient (Wildman–Crippen LogP) is 3.19. The minimum atomic E-state index is -1.36. The summed E-state index contributed by atoms with van der Waals surface area (Å²) in [5, 5.41) is 10.7. The van der Waals surface area contributed by atoms with E-state index in [4.69, 9.17) is 16.3 Å². The molecule has 6 atom stereocenters. The van der Waals surface area contributed by atoms with E-state index in [0.717, 1.165) is 5.56 Å². The van der Waals surface area contributed by atoms with Gasteiger partial charge in [0.2, 0.25) is 11.8 Å². The molecule has 4 heterocycles. The van der Waals surface area contributed by atoms with E-state index in [0.29, 0.717) is 30.2 Å². The number of anilines is 1. The first-order valence-corrected chi connectivity index (χ1v) is 14.1. The van der Waals surface area contributed by atoms with Crippen molar-refractivity contribution in [1.29, 1.82) is 0 Å². The quantitative estimate of drug-likeness (QED) is 0.547. The van der Waals surface area contributed by atoms with Crippen LogP contribution in [0.15, 0.2) is 78.9 Å². The zero-order chi connectivity index (χ0) is 28.0. The number of nitrogens with zero attached hydrogens (tertiary/aromatic N) is 3. The van der Waals surface area contributed by atoms with Crippen LogP contribution in [0.25, 0.3) is 0 Å². The van der Waals surface area contributed by atoms with Gasteiger partial charge in [0, 0.05) is 19.6 Å². The number of rotatable bonds is 6. The fraction of sp³-hybridized carbons (Fsp3) is 0.387. The summed E-state index contributed by atoms with van der Waals surface area (Å²) in [5.41, 5.74) is 0.151. The van der Waals surface area contributed by atoms with Crippen LogP contribution in [0.3, 0.4) is 0 Å². The molecule has 0 bridgehead atoms. The predicted molar refractivity (Wildman–Crippen MR) is 150 cm³/mol. The van der Waals surface area contributed by atoms with E-state index >= 15 is 0 Å². The lowest BCUT2D eigenvalue weighted by Gasteiger charge is -2.38. The molecule has 40 heavy (non-hydrogen) atoms. The highest BCUT2D eigenvalue weighted by atomic mass is 35.5. The molecule has 1 spiro atoms. The summed E-state index contributed by atoms with van der Waals surface area (Å²) in [6, 6.07) is 15.1. The molecule has 0 aromatic heterocycles. The van der Waals surface area contributed by atoms with Crippen LogP contribution in [-0.2, 0) is 25.7 Å². The van der Waals surface area contributed by atoms with Crippen molar-refractivity contribution in [3.63, 3.8) is 0 Å². The van der Waals surface area contributed by atoms with Crippen molar-refractivity contribution in [3.05, 3.63) is 89.5 Å². The molecule has 0 radical (unpaired) electrons. The summed E-state index contributed by atoms with van der Waals surface area (Å²) in [7, 11) is 0. The third-order valence-corrected chi connectivity index (χ3v) is 8.93. The number of aliphatic hydroxyl groups is 1. The summed E-state index contributed by atoms with van der Waals surface area (Å²) in [4.78, 5) is 47.7. The third-order valence-electron chi connectivity index (χ3n) is 8.61. The highest BCUT2D eigenvalue weighted by molar-refractivity contribution is 6.34. The summed E-state index contributed by atoms with van der Waals surface area (Å²) in [5.74, 6) is -2.60. The Bertz CT molecular complexity index is 1380. The van der Waals surface area contributed by atoms with Crippen LogP contribution in [0.5, 0.6) is 0 Å². The van der Waals surface area contributed by atoms with Crippen LogP contribution < -0.4 is 4.90 Å². The minimum Gasteiger partial charge on any atom is -0.394 e. The van der Waals surface area contributed by atoms with Gasteiger partial charge in [0.25, 0.3) is 5.91 Å². The van der Waals surface area contributed by atoms with Gasteiger partial charge in [-0.25, -0.2) is 0 Å². The molecule has 3 amide bonds. The summed E-state index contributed by atoms with van der Waals surface area (Å²) in [6.07, 6.45) is 7.16. The number of ether oxygens (including phenoxy) is 1. The van der Waals surface area contributed by atoms with Crippen LogP contribution in [0.1, 0.15) is 18.9 Å². The zero-order valence-corrected chi connectivity index (χ0v) is 23.0. The second-order valence-electron chi connectivity index (χ2n) is 10.8. The smallest absolute Gasteiger partial charge is 0.253 e. The fourth-order valence-electron chi connectivity index (χ4n) is 6.77. The molecule has 2 fully saturated rings. The maximum absolute atomic E-state index is 14.4. The lowest BCUT2D eigenvalue weighted by Crippen LogP contribution is -2.58. The number of hydrogen-bond acceptors (Lipinski definition) is 5. The molecule has 1 unspecified atom stereocenters. The first kappa shape index (κ1) is 26.7. The number of benzene rings is 2. The zero-order valence-electron chi connectivity index (χ0n) is 22.2. The first-order chi connectivity index (χ1) is 19.4. The highest BCUT2D eigenvalue weighted by Crippen LogP contribution is 2.54. The van der Waals surface area contributed by atoms with E-state index in [1.54, 1.807) is 40.1 Å². The van der Waals surface area contributed by atoms with Gasteiger partial charge in [0.1, 0.15) is 11.6 Å². The monoisotopic (exact) mass is 561 g/mol. The van der Waals surface area contributed by atoms with E-state index in [1.165, 1.54) is 4.90 Å². The number of amides is 3. The average Bonchev–Trinajstić information content (AvgIpc) is 3.28. The Labute approximate surface area is 238 Å². The standard InChI is InChI=1S/C31H32ClN3O5/c1-2-21(19-36)35-27-30(39)34(23-13-7-6-12-22(23)32)17-9-15-31(27)26(29(35)38)25-24(40-31)14-8-16-33(28(25)37)18-20-10-4-3-5-11-20/h3-15,21,24-27,36H,2,16-19H2,1H3/t21-,24-,25+,26-,27?,31-/m0/s1. The molecule has 1 N–H and O–H groups in total. The summed E-state index contributed by atoms with van der Waals surface area (Å²) < 4.78 is 6.69. The molecule has 9 heteroatoms. The molecule has 4 aliphatic heterocycles. The number of hydrogen-bond donors (Lipinski definition) is 1. The van der Waals surface area contributed by atoms with Gasteiger partial charge in [0.05, 0.1) is 41.3 Å². The molecule has 0 aliphatic carbocycles. The van der Waals surface area contributed by atoms with Gasteiger partial charge >= 0.3 is 0 Å². The number of likely N-dealkylation sites (tertiary alicyclic amines) is 1. The largest absolute Gasteiger partial charge is 0.394 e. The molecule has 2 aromatic rings. The Morgan fingerprint density at radius 2 is 1.75 bits per heavy atom. The second-order valence-corrected chi connectivity index (χ2v) is 11.2. The summed E-state index contributed by atoms with van der Waals surface area (Å²) in [6.45, 7) is 2.58. The number of carbonyl (C=O) groups is 3. The number of aliphatic hydroxyl groups excluding tert-OH is 1. The molecule has 2 aromatic carbocycles. The van der Waals surface area contributed by atoms with Crippen LogP contribution in [0, 0.1) is 11.8 Å². The second kappa shape index (κ2) is 10.5. The third kappa shape index (κ3) is 4.08. The van der Waals surface area contributed by atoms with E-state index in [9.17, 15) is 19.5 Å². The van der Waals surface area contributed by atoms with Gasteiger partial charge in [-0.3, -0.25) is 14.4 Å². The lowest BCUT2D eigenvalue weighted by atomic mass is 9.77. The van der Waals surface area contributed by atoms with Crippen molar-refractivity contribution in [3.8, 4) is 0 Å². The summed E-state index contributed by atoms with van der Waals surface area (Å²) >= 11 is 6.50. The Hall–Kier alpha value is -3.46. The van der Waals surface area contributed by atoms with Gasteiger partial charge < -0.3 is 24.5 Å². The molecule has 8 nitrogen and oxygen atoms in total. The lowest BCUT2D eigenvalue weighted by molar-refractivity contribution is -0.147. The SMILES string of the molecule is CC[C@@H](CO)N1C(=O)[C@@H]2[C@@H]3C(=O)N(Cc4ccccc4)CC=C[C@@H]3O[C@@]23C=CCN(c2ccccc2Cl)C(=O)C13. The highest BCUT2D eigenvalue weighted by Gasteiger charge is 2.72. The van der Waals surface area contributed by atoms with Crippen molar-refractivity contribution < 1.29 is 24.2 Å². The minimum absolute atomic E-state index is 0.181. The van der Waals surface area contributed by atoms with Gasteiger partial charge in [-0.05, 0) is 24.1 Å². The number of fused-ring (bicyclic) bond motifs is 2. The Morgan fingerprint density at radius 3 is 2.48 bits per heavy atom. The Morgan fingerprint density at radius 1 is 1.00 bits per heavy atom. The molecule has 4 aliphatic rings. The molecule has 208 valence electrons. The molecular formula is C31H32ClN3O5. The normalized spacial score (nSPS) is 30.2. The topological polar surface area (TPSA) is 90.4 Å². The fourth-order valence-corrected chi connectivity index (χ4v) is 7.01. The number of halogens is 1. The Balaban J connectivity index is 1.43. The van der Waals surface area contributed by atoms with Crippen molar-refractivity contribution >= 4 is 35.0 Å². The van der Waals surface area contributed by atoms with Gasteiger partial charge in [-0.2, -0.15) is 0 Å². The van der Waals surface area contributed by atoms with Crippen molar-refractivity contribution in [1.82, 2.24) is 9.80 Å². The Kier molecular flexibility index (Phi) is 7.02. The van der Waals surface area contributed by atoms with Gasteiger partial charge in [0.15, 0.2) is 0 Å². The molecular weight excluding hydrogens is 530 g/mol. The van der Waals surface area contributed by atoms with Gasteiger partial charge in [-0.15, -0.1) is 0 Å². The van der Waals surface area contributed by atoms with Gasteiger partial charge in [-0.1, -0.05) is 85.3 Å². The van der Waals surface area contributed by atoms with Crippen molar-refractivity contribution in [2.45, 2.75) is 43.7 Å². The van der Waals surface area contributed by atoms with Crippen LogP contribution in [0.4, 0.5) is 5.69 Å². The van der Waals surface area contributed by atoms with Crippen LogP contribution in [0.2, 0.25) is 5.02 Å². The van der Waals surface area contributed by atoms with E-state index in [2.05, 4.69) is 0 Å². The number of para-hydroxylation sites is 1.